The molecule has 0 saturated heterocycles. The third-order valence-electron chi connectivity index (χ3n) is 4.42. The number of rotatable bonds is 5. The van der Waals surface area contributed by atoms with E-state index in [1.54, 1.807) is 24.3 Å². The molecule has 0 spiro atoms. The van der Waals surface area contributed by atoms with Gasteiger partial charge < -0.3 is 20.1 Å². The van der Waals surface area contributed by atoms with Crippen LogP contribution >= 0.6 is 0 Å². The number of carbonyl (C=O) groups is 2. The molecule has 0 atom stereocenters. The minimum atomic E-state index is -0.440. The Bertz CT molecular complexity index is 896. The molecule has 2 aromatic carbocycles. The molecule has 1 aliphatic carbocycles. The molecule has 27 heavy (non-hydrogen) atoms. The predicted octanol–water partition coefficient (Wildman–Crippen LogP) is 2.77. The van der Waals surface area contributed by atoms with Crippen LogP contribution in [-0.4, -0.2) is 24.6 Å². The van der Waals surface area contributed by atoms with E-state index < -0.39 is 5.82 Å². The molecule has 6 nitrogen and oxygen atoms in total. The lowest BCUT2D eigenvalue weighted by molar-refractivity contribution is -0.115. The minimum Gasteiger partial charge on any atom is -0.467 e. The summed E-state index contributed by atoms with van der Waals surface area (Å²) in [5, 5.41) is 5.66. The van der Waals surface area contributed by atoms with E-state index in [4.69, 9.17) is 9.47 Å². The Morgan fingerprint density at radius 3 is 2.85 bits per heavy atom. The third kappa shape index (κ3) is 4.25. The Balaban J connectivity index is 1.45. The highest BCUT2D eigenvalue weighted by atomic mass is 19.1. The molecule has 2 amide bonds. The second-order valence-electron chi connectivity index (χ2n) is 6.72. The van der Waals surface area contributed by atoms with Crippen LogP contribution < -0.4 is 15.4 Å². The summed E-state index contributed by atoms with van der Waals surface area (Å²) in [6.45, 7) is 0.325. The first kappa shape index (κ1) is 17.5. The fraction of sp³-hybridized carbons (Fsp3) is 0.300. The first-order valence-corrected chi connectivity index (χ1v) is 8.81. The number of nitrogens with one attached hydrogen (secondary N) is 2. The molecule has 1 aliphatic heterocycles. The van der Waals surface area contributed by atoms with Gasteiger partial charge in [0.1, 0.15) is 11.6 Å². The van der Waals surface area contributed by atoms with Crippen LogP contribution in [0.1, 0.15) is 34.3 Å². The lowest BCUT2D eigenvalue weighted by atomic mass is 10.0. The molecule has 7 heteroatoms. The lowest BCUT2D eigenvalue weighted by Crippen LogP contribution is -2.25. The van der Waals surface area contributed by atoms with Crippen LogP contribution in [0.25, 0.3) is 0 Å². The van der Waals surface area contributed by atoms with Crippen molar-refractivity contribution in [2.75, 3.05) is 12.1 Å². The van der Waals surface area contributed by atoms with Crippen molar-refractivity contribution in [2.24, 2.45) is 0 Å². The standard InChI is InChI=1S/C20H19FN2O4/c21-15-6-13(19-14(7-15)10-26-11-27-19)9-18(24)22-17-3-1-2-12(8-17)20(25)23-16-4-5-16/h1-3,6-8,16H,4-5,9-11H2,(H,22,24)(H,23,25). The van der Waals surface area contributed by atoms with Gasteiger partial charge in [-0.25, -0.2) is 4.39 Å². The van der Waals surface area contributed by atoms with Gasteiger partial charge in [0.25, 0.3) is 5.91 Å². The van der Waals surface area contributed by atoms with Gasteiger partial charge in [0.15, 0.2) is 6.79 Å². The Labute approximate surface area is 155 Å². The van der Waals surface area contributed by atoms with Crippen LogP contribution in [0.4, 0.5) is 10.1 Å². The molecule has 2 aromatic rings. The summed E-state index contributed by atoms with van der Waals surface area (Å²) in [6.07, 6.45) is 1.97. The maximum Gasteiger partial charge on any atom is 0.251 e. The Kier molecular flexibility index (Phi) is 4.77. The number of hydrogen-bond donors (Lipinski definition) is 2. The number of benzene rings is 2. The van der Waals surface area contributed by atoms with E-state index in [1.165, 1.54) is 12.1 Å². The summed E-state index contributed by atoms with van der Waals surface area (Å²) >= 11 is 0. The molecule has 4 rings (SSSR count). The Hall–Kier alpha value is -2.93. The van der Waals surface area contributed by atoms with Crippen molar-refractivity contribution >= 4 is 17.5 Å². The highest BCUT2D eigenvalue weighted by molar-refractivity contribution is 5.98. The number of anilines is 1. The van der Waals surface area contributed by atoms with Gasteiger partial charge in [-0.3, -0.25) is 9.59 Å². The zero-order chi connectivity index (χ0) is 18.8. The van der Waals surface area contributed by atoms with Crippen LogP contribution in [0.5, 0.6) is 5.75 Å². The Morgan fingerprint density at radius 2 is 2.04 bits per heavy atom. The van der Waals surface area contributed by atoms with Crippen molar-refractivity contribution in [1.29, 1.82) is 0 Å². The lowest BCUT2D eigenvalue weighted by Gasteiger charge is -2.20. The van der Waals surface area contributed by atoms with Gasteiger partial charge >= 0.3 is 0 Å². The van der Waals surface area contributed by atoms with Crippen molar-refractivity contribution < 1.29 is 23.5 Å². The molecule has 0 bridgehead atoms. The fourth-order valence-electron chi connectivity index (χ4n) is 3.00. The van der Waals surface area contributed by atoms with Crippen molar-refractivity contribution in [3.05, 3.63) is 58.9 Å². The zero-order valence-corrected chi connectivity index (χ0v) is 14.6. The molecule has 2 N–H and O–H groups in total. The average molecular weight is 370 g/mol. The summed E-state index contributed by atoms with van der Waals surface area (Å²) in [6, 6.07) is 9.64. The van der Waals surface area contributed by atoms with Gasteiger partial charge in [0.05, 0.1) is 13.0 Å². The average Bonchev–Trinajstić information content (AvgIpc) is 3.45. The molecule has 0 aromatic heterocycles. The smallest absolute Gasteiger partial charge is 0.251 e. The normalized spacial score (nSPS) is 15.4. The summed E-state index contributed by atoms with van der Waals surface area (Å²) in [5.41, 5.74) is 2.05. The monoisotopic (exact) mass is 370 g/mol. The van der Waals surface area contributed by atoms with E-state index in [-0.39, 0.29) is 37.7 Å². The summed E-state index contributed by atoms with van der Waals surface area (Å²) in [5.74, 6) is -0.418. The molecule has 1 fully saturated rings. The molecule has 2 aliphatic rings. The SMILES string of the molecule is O=C(Cc1cc(F)cc2c1OCOC2)Nc1cccc(C(=O)NC2CC2)c1. The van der Waals surface area contributed by atoms with Crippen LogP contribution in [0.2, 0.25) is 0 Å². The molecule has 0 radical (unpaired) electrons. The first-order chi connectivity index (χ1) is 13.1. The van der Waals surface area contributed by atoms with Crippen molar-refractivity contribution in [1.82, 2.24) is 5.32 Å². The largest absolute Gasteiger partial charge is 0.467 e. The third-order valence-corrected chi connectivity index (χ3v) is 4.42. The van der Waals surface area contributed by atoms with E-state index in [0.29, 0.717) is 28.1 Å². The minimum absolute atomic E-state index is 0.0431. The molecule has 0 unspecified atom stereocenters. The first-order valence-electron chi connectivity index (χ1n) is 8.81. The number of hydrogen-bond acceptors (Lipinski definition) is 4. The van der Waals surface area contributed by atoms with E-state index in [9.17, 15) is 14.0 Å². The van der Waals surface area contributed by atoms with Gasteiger partial charge in [-0.05, 0) is 43.2 Å². The summed E-state index contributed by atoms with van der Waals surface area (Å²) in [4.78, 5) is 24.6. The summed E-state index contributed by atoms with van der Waals surface area (Å²) in [7, 11) is 0. The zero-order valence-electron chi connectivity index (χ0n) is 14.6. The van der Waals surface area contributed by atoms with E-state index in [1.807, 2.05) is 0 Å². The number of fused-ring (bicyclic) bond motifs is 1. The fourth-order valence-corrected chi connectivity index (χ4v) is 3.00. The number of carbonyl (C=O) groups excluding carboxylic acids is 2. The summed E-state index contributed by atoms with van der Waals surface area (Å²) < 4.78 is 24.4. The predicted molar refractivity (Wildman–Crippen MR) is 95.9 cm³/mol. The molecule has 1 heterocycles. The molecular formula is C20H19FN2O4. The molecule has 140 valence electrons. The van der Waals surface area contributed by atoms with Gasteiger partial charge in [0, 0.05) is 28.4 Å². The number of halogens is 1. The van der Waals surface area contributed by atoms with Crippen molar-refractivity contribution in [2.45, 2.75) is 31.9 Å². The van der Waals surface area contributed by atoms with E-state index in [0.717, 1.165) is 12.8 Å². The van der Waals surface area contributed by atoms with E-state index >= 15 is 0 Å². The van der Waals surface area contributed by atoms with Gasteiger partial charge in [-0.2, -0.15) is 0 Å². The topological polar surface area (TPSA) is 76.7 Å². The maximum atomic E-state index is 13.8. The number of amides is 2. The van der Waals surface area contributed by atoms with Gasteiger partial charge in [-0.15, -0.1) is 0 Å². The van der Waals surface area contributed by atoms with Crippen molar-refractivity contribution in [3.8, 4) is 5.75 Å². The van der Waals surface area contributed by atoms with Crippen LogP contribution in [0, 0.1) is 5.82 Å². The van der Waals surface area contributed by atoms with Crippen LogP contribution in [-0.2, 0) is 22.6 Å². The highest BCUT2D eigenvalue weighted by Crippen LogP contribution is 2.30. The van der Waals surface area contributed by atoms with Gasteiger partial charge in [0.2, 0.25) is 5.91 Å². The number of ether oxygens (including phenoxy) is 2. The maximum absolute atomic E-state index is 13.8. The van der Waals surface area contributed by atoms with E-state index in [2.05, 4.69) is 10.6 Å². The van der Waals surface area contributed by atoms with Gasteiger partial charge in [-0.1, -0.05) is 6.07 Å². The van der Waals surface area contributed by atoms with Crippen molar-refractivity contribution in [3.63, 3.8) is 0 Å². The van der Waals surface area contributed by atoms with Crippen LogP contribution in [0.3, 0.4) is 0 Å². The molecular weight excluding hydrogens is 351 g/mol. The molecule has 1 saturated carbocycles. The second-order valence-corrected chi connectivity index (χ2v) is 6.72. The highest BCUT2D eigenvalue weighted by Gasteiger charge is 2.24. The Morgan fingerprint density at radius 1 is 1.19 bits per heavy atom. The quantitative estimate of drug-likeness (QED) is 0.849. The second kappa shape index (κ2) is 7.36. The van der Waals surface area contributed by atoms with Crippen LogP contribution in [0.15, 0.2) is 36.4 Å².